The van der Waals surface area contributed by atoms with Crippen molar-refractivity contribution in [2.24, 2.45) is 5.41 Å². The van der Waals surface area contributed by atoms with Crippen LogP contribution in [0.5, 0.6) is 0 Å². The minimum atomic E-state index is -0.671. The zero-order valence-electron chi connectivity index (χ0n) is 12.2. The second-order valence-electron chi connectivity index (χ2n) is 5.76. The average molecular weight is 261 g/mol. The van der Waals surface area contributed by atoms with Crippen LogP contribution in [0.15, 0.2) is 12.1 Å². The maximum absolute atomic E-state index is 11.7. The summed E-state index contributed by atoms with van der Waals surface area (Å²) in [6.45, 7) is 6.29. The number of rotatable bonds is 4. The molecule has 1 aromatic carbocycles. The third kappa shape index (κ3) is 2.06. The molecule has 0 radical (unpaired) electrons. The van der Waals surface area contributed by atoms with Gasteiger partial charge in [-0.05, 0) is 62.9 Å². The molecule has 1 aliphatic rings. The predicted molar refractivity (Wildman–Crippen MR) is 76.4 cm³/mol. The molecule has 1 saturated carbocycles. The Bertz CT molecular complexity index is 504. The average Bonchev–Trinajstić information content (AvgIpc) is 2.31. The standard InChI is InChI=1S/C16H23NO2/c1-10-6-7-13(12(3)11(10)2)14(17-4)16(15(18)19)8-5-9-16/h6-7,14,17H,5,8-9H2,1-4H3,(H,18,19). The van der Waals surface area contributed by atoms with E-state index >= 15 is 0 Å². The minimum absolute atomic E-state index is 0.0990. The number of benzene rings is 1. The molecular formula is C16H23NO2. The highest BCUT2D eigenvalue weighted by molar-refractivity contribution is 5.77. The highest BCUT2D eigenvalue weighted by Crippen LogP contribution is 2.51. The van der Waals surface area contributed by atoms with E-state index in [1.54, 1.807) is 0 Å². The van der Waals surface area contributed by atoms with Crippen molar-refractivity contribution in [3.8, 4) is 0 Å². The Kier molecular flexibility index (Phi) is 3.68. The fourth-order valence-electron chi connectivity index (χ4n) is 3.20. The quantitative estimate of drug-likeness (QED) is 0.875. The lowest BCUT2D eigenvalue weighted by atomic mass is 9.62. The molecule has 3 nitrogen and oxygen atoms in total. The maximum atomic E-state index is 11.7. The van der Waals surface area contributed by atoms with Gasteiger partial charge in [-0.2, -0.15) is 0 Å². The van der Waals surface area contributed by atoms with Crippen LogP contribution in [0.4, 0.5) is 0 Å². The number of hydrogen-bond acceptors (Lipinski definition) is 2. The van der Waals surface area contributed by atoms with E-state index in [1.165, 1.54) is 16.7 Å². The first-order valence-corrected chi connectivity index (χ1v) is 6.91. The van der Waals surface area contributed by atoms with E-state index in [0.717, 1.165) is 24.8 Å². The minimum Gasteiger partial charge on any atom is -0.481 e. The zero-order valence-corrected chi connectivity index (χ0v) is 12.2. The normalized spacial score (nSPS) is 18.7. The van der Waals surface area contributed by atoms with E-state index in [4.69, 9.17) is 0 Å². The number of aliphatic carboxylic acids is 1. The zero-order chi connectivity index (χ0) is 14.2. The summed E-state index contributed by atoms with van der Waals surface area (Å²) < 4.78 is 0. The van der Waals surface area contributed by atoms with Gasteiger partial charge in [-0.25, -0.2) is 0 Å². The summed E-state index contributed by atoms with van der Waals surface area (Å²) in [6, 6.07) is 4.08. The van der Waals surface area contributed by atoms with E-state index in [2.05, 4.69) is 38.2 Å². The molecule has 1 aromatic rings. The van der Waals surface area contributed by atoms with Crippen LogP contribution in [0.25, 0.3) is 0 Å². The maximum Gasteiger partial charge on any atom is 0.311 e. The van der Waals surface area contributed by atoms with Crippen LogP contribution < -0.4 is 5.32 Å². The molecule has 0 aromatic heterocycles. The van der Waals surface area contributed by atoms with E-state index in [9.17, 15) is 9.90 Å². The molecule has 0 spiro atoms. The van der Waals surface area contributed by atoms with Gasteiger partial charge in [-0.1, -0.05) is 18.6 Å². The van der Waals surface area contributed by atoms with Crippen molar-refractivity contribution >= 4 is 5.97 Å². The van der Waals surface area contributed by atoms with Crippen molar-refractivity contribution in [2.75, 3.05) is 7.05 Å². The van der Waals surface area contributed by atoms with E-state index in [1.807, 2.05) is 7.05 Å². The van der Waals surface area contributed by atoms with Crippen molar-refractivity contribution in [3.05, 3.63) is 34.4 Å². The van der Waals surface area contributed by atoms with Crippen LogP contribution in [-0.2, 0) is 4.79 Å². The molecule has 2 rings (SSSR count). The van der Waals surface area contributed by atoms with Gasteiger partial charge in [0.25, 0.3) is 0 Å². The summed E-state index contributed by atoms with van der Waals surface area (Å²) in [5.74, 6) is -0.671. The van der Waals surface area contributed by atoms with Gasteiger partial charge in [-0.3, -0.25) is 4.79 Å². The molecule has 2 N–H and O–H groups in total. The molecule has 0 heterocycles. The Morgan fingerprint density at radius 1 is 1.26 bits per heavy atom. The van der Waals surface area contributed by atoms with Crippen LogP contribution in [0.1, 0.15) is 47.6 Å². The van der Waals surface area contributed by atoms with Crippen LogP contribution in [0.3, 0.4) is 0 Å². The molecule has 1 fully saturated rings. The summed E-state index contributed by atoms with van der Waals surface area (Å²) in [5.41, 5.74) is 4.24. The largest absolute Gasteiger partial charge is 0.481 e. The van der Waals surface area contributed by atoms with Gasteiger partial charge < -0.3 is 10.4 Å². The summed E-state index contributed by atoms with van der Waals surface area (Å²) in [4.78, 5) is 11.7. The molecule has 1 aliphatic carbocycles. The molecule has 1 atom stereocenters. The molecule has 0 aliphatic heterocycles. The van der Waals surface area contributed by atoms with Gasteiger partial charge in [0.05, 0.1) is 5.41 Å². The first kappa shape index (κ1) is 14.1. The molecule has 0 bridgehead atoms. The van der Waals surface area contributed by atoms with Crippen molar-refractivity contribution in [1.29, 1.82) is 0 Å². The molecule has 19 heavy (non-hydrogen) atoms. The molecule has 0 amide bonds. The van der Waals surface area contributed by atoms with Crippen molar-refractivity contribution in [1.82, 2.24) is 5.32 Å². The van der Waals surface area contributed by atoms with Crippen LogP contribution in [0.2, 0.25) is 0 Å². The number of carboxylic acid groups (broad SMARTS) is 1. The third-order valence-corrected chi connectivity index (χ3v) is 4.92. The van der Waals surface area contributed by atoms with Crippen molar-refractivity contribution in [3.63, 3.8) is 0 Å². The Labute approximate surface area is 115 Å². The van der Waals surface area contributed by atoms with Gasteiger partial charge in [-0.15, -0.1) is 0 Å². The Morgan fingerprint density at radius 2 is 1.89 bits per heavy atom. The monoisotopic (exact) mass is 261 g/mol. The summed E-state index contributed by atoms with van der Waals surface area (Å²) >= 11 is 0. The molecule has 0 saturated heterocycles. The summed E-state index contributed by atoms with van der Waals surface area (Å²) in [5, 5.41) is 12.9. The van der Waals surface area contributed by atoms with Gasteiger partial charge in [0, 0.05) is 6.04 Å². The highest BCUT2D eigenvalue weighted by atomic mass is 16.4. The van der Waals surface area contributed by atoms with Gasteiger partial charge in [0.1, 0.15) is 0 Å². The van der Waals surface area contributed by atoms with Gasteiger partial charge in [0.15, 0.2) is 0 Å². The molecule has 1 unspecified atom stereocenters. The second-order valence-corrected chi connectivity index (χ2v) is 5.76. The van der Waals surface area contributed by atoms with E-state index < -0.39 is 11.4 Å². The van der Waals surface area contributed by atoms with Gasteiger partial charge in [0.2, 0.25) is 0 Å². The number of nitrogens with one attached hydrogen (secondary N) is 1. The SMILES string of the molecule is CNC(c1ccc(C)c(C)c1C)C1(C(=O)O)CCC1. The van der Waals surface area contributed by atoms with Crippen LogP contribution in [0, 0.1) is 26.2 Å². The topological polar surface area (TPSA) is 49.3 Å². The highest BCUT2D eigenvalue weighted by Gasteiger charge is 2.51. The smallest absolute Gasteiger partial charge is 0.311 e. The fourth-order valence-corrected chi connectivity index (χ4v) is 3.20. The lowest BCUT2D eigenvalue weighted by molar-refractivity contribution is -0.157. The molecule has 104 valence electrons. The molecular weight excluding hydrogens is 238 g/mol. The number of hydrogen-bond donors (Lipinski definition) is 2. The predicted octanol–water partition coefficient (Wildman–Crippen LogP) is 3.13. The van der Waals surface area contributed by atoms with Crippen LogP contribution in [-0.4, -0.2) is 18.1 Å². The van der Waals surface area contributed by atoms with Gasteiger partial charge >= 0.3 is 5.97 Å². The van der Waals surface area contributed by atoms with Crippen molar-refractivity contribution < 1.29 is 9.90 Å². The second kappa shape index (κ2) is 4.97. The number of carbonyl (C=O) groups is 1. The lowest BCUT2D eigenvalue weighted by Crippen LogP contribution is -2.48. The third-order valence-electron chi connectivity index (χ3n) is 4.92. The molecule has 3 heteroatoms. The lowest BCUT2D eigenvalue weighted by Gasteiger charge is -2.44. The first-order valence-electron chi connectivity index (χ1n) is 6.91. The first-order chi connectivity index (χ1) is 8.94. The Hall–Kier alpha value is -1.35. The van der Waals surface area contributed by atoms with Crippen molar-refractivity contribution in [2.45, 2.75) is 46.1 Å². The summed E-state index contributed by atoms with van der Waals surface area (Å²) in [7, 11) is 1.86. The number of aryl methyl sites for hydroxylation is 1. The fraction of sp³-hybridized carbons (Fsp3) is 0.562. The van der Waals surface area contributed by atoms with E-state index in [0.29, 0.717) is 0 Å². The Morgan fingerprint density at radius 3 is 2.32 bits per heavy atom. The number of carboxylic acids is 1. The summed E-state index contributed by atoms with van der Waals surface area (Å²) in [6.07, 6.45) is 2.54. The van der Waals surface area contributed by atoms with Crippen LogP contribution >= 0.6 is 0 Å². The van der Waals surface area contributed by atoms with E-state index in [-0.39, 0.29) is 6.04 Å². The Balaban J connectivity index is 2.49.